The van der Waals surface area contributed by atoms with E-state index in [1.54, 1.807) is 20.3 Å². The van der Waals surface area contributed by atoms with Crippen molar-refractivity contribution in [3.05, 3.63) is 53.3 Å². The molecule has 1 aliphatic rings. The van der Waals surface area contributed by atoms with Crippen molar-refractivity contribution in [2.75, 3.05) is 46.9 Å². The van der Waals surface area contributed by atoms with E-state index in [4.69, 9.17) is 9.47 Å². The molecule has 0 amide bonds. The Morgan fingerprint density at radius 1 is 1.03 bits per heavy atom. The van der Waals surface area contributed by atoms with Crippen LogP contribution in [-0.4, -0.2) is 67.8 Å². The molecular weight excluding hydrogens is 399 g/mol. The molecule has 31 heavy (non-hydrogen) atoms. The molecule has 0 bridgehead atoms. The van der Waals surface area contributed by atoms with Crippen LogP contribution in [0.2, 0.25) is 0 Å². The van der Waals surface area contributed by atoms with Crippen LogP contribution in [0.1, 0.15) is 18.1 Å². The first-order chi connectivity index (χ1) is 15.0. The molecule has 0 aliphatic carbocycles. The Hall–Kier alpha value is -3.00. The van der Waals surface area contributed by atoms with Crippen LogP contribution in [0.5, 0.6) is 17.2 Å². The molecule has 8 heteroatoms. The van der Waals surface area contributed by atoms with Gasteiger partial charge in [0.25, 0.3) is 0 Å². The zero-order valence-corrected chi connectivity index (χ0v) is 18.4. The zero-order valence-electron chi connectivity index (χ0n) is 18.4. The number of phenolic OH excluding ortho intramolecular Hbond substituents is 1. The van der Waals surface area contributed by atoms with Gasteiger partial charge in [-0.15, -0.1) is 0 Å². The summed E-state index contributed by atoms with van der Waals surface area (Å²) in [5.41, 5.74) is 1.90. The third kappa shape index (κ3) is 6.01. The smallest absolute Gasteiger partial charge is 0.194 e. The molecule has 3 rings (SSSR count). The molecule has 1 heterocycles. The molecule has 2 N–H and O–H groups in total. The molecule has 0 radical (unpaired) electrons. The fourth-order valence-electron chi connectivity index (χ4n) is 3.60. The van der Waals surface area contributed by atoms with Gasteiger partial charge in [-0.05, 0) is 42.3 Å². The van der Waals surface area contributed by atoms with Crippen molar-refractivity contribution >= 4 is 5.96 Å². The topological polar surface area (TPSA) is 69.6 Å². The Morgan fingerprint density at radius 2 is 1.74 bits per heavy atom. The van der Waals surface area contributed by atoms with Crippen LogP contribution in [-0.2, 0) is 13.1 Å². The van der Waals surface area contributed by atoms with Gasteiger partial charge in [0.15, 0.2) is 29.0 Å². The van der Waals surface area contributed by atoms with Gasteiger partial charge in [0, 0.05) is 39.3 Å². The number of phenols is 1. The average Bonchev–Trinajstić information content (AvgIpc) is 2.79. The first kappa shape index (κ1) is 22.7. The van der Waals surface area contributed by atoms with E-state index in [1.165, 1.54) is 17.7 Å². The molecule has 2 aromatic carbocycles. The predicted molar refractivity (Wildman–Crippen MR) is 119 cm³/mol. The average molecular weight is 431 g/mol. The van der Waals surface area contributed by atoms with Crippen molar-refractivity contribution in [3.8, 4) is 17.2 Å². The van der Waals surface area contributed by atoms with E-state index in [-0.39, 0.29) is 5.75 Å². The Kier molecular flexibility index (Phi) is 7.94. The quantitative estimate of drug-likeness (QED) is 0.520. The number of piperazine rings is 1. The lowest BCUT2D eigenvalue weighted by atomic mass is 10.1. The minimum absolute atomic E-state index is 0.342. The molecule has 0 saturated carbocycles. The van der Waals surface area contributed by atoms with Gasteiger partial charge in [0.1, 0.15) is 0 Å². The predicted octanol–water partition coefficient (Wildman–Crippen LogP) is 2.83. The number of methoxy groups -OCH3 is 2. The van der Waals surface area contributed by atoms with E-state index < -0.39 is 5.82 Å². The second kappa shape index (κ2) is 10.9. The van der Waals surface area contributed by atoms with E-state index in [0.29, 0.717) is 6.54 Å². The van der Waals surface area contributed by atoms with E-state index in [0.717, 1.165) is 62.3 Å². The molecule has 7 nitrogen and oxygen atoms in total. The van der Waals surface area contributed by atoms with Crippen LogP contribution < -0.4 is 14.8 Å². The molecule has 0 aromatic heterocycles. The van der Waals surface area contributed by atoms with Crippen molar-refractivity contribution in [2.45, 2.75) is 20.0 Å². The van der Waals surface area contributed by atoms with Crippen molar-refractivity contribution < 1.29 is 19.0 Å². The number of hydrogen-bond donors (Lipinski definition) is 2. The summed E-state index contributed by atoms with van der Waals surface area (Å²) >= 11 is 0. The van der Waals surface area contributed by atoms with Gasteiger partial charge in [-0.2, -0.15) is 0 Å². The third-order valence-electron chi connectivity index (χ3n) is 5.28. The standard InChI is InChI=1S/C23H31FN4O3/c1-4-25-23(26-15-17-5-7-20(29)19(24)13-17)28-11-9-27(10-12-28)16-18-6-8-21(30-2)22(14-18)31-3/h5-8,13-14,29H,4,9-12,15-16H2,1-3H3,(H,25,26). The van der Waals surface area contributed by atoms with Crippen LogP contribution in [0.25, 0.3) is 0 Å². The summed E-state index contributed by atoms with van der Waals surface area (Å²) in [6, 6.07) is 10.4. The number of rotatable bonds is 7. The summed E-state index contributed by atoms with van der Waals surface area (Å²) in [6.45, 7) is 7.50. The van der Waals surface area contributed by atoms with Gasteiger partial charge >= 0.3 is 0 Å². The van der Waals surface area contributed by atoms with Gasteiger partial charge in [-0.1, -0.05) is 12.1 Å². The highest BCUT2D eigenvalue weighted by Crippen LogP contribution is 2.28. The van der Waals surface area contributed by atoms with Gasteiger partial charge in [0.2, 0.25) is 0 Å². The van der Waals surface area contributed by atoms with Gasteiger partial charge < -0.3 is 24.8 Å². The van der Waals surface area contributed by atoms with Crippen LogP contribution in [0.3, 0.4) is 0 Å². The Morgan fingerprint density at radius 3 is 2.39 bits per heavy atom. The molecule has 1 fully saturated rings. The van der Waals surface area contributed by atoms with Crippen LogP contribution in [0.4, 0.5) is 4.39 Å². The molecule has 2 aromatic rings. The molecule has 0 unspecified atom stereocenters. The number of halogens is 1. The van der Waals surface area contributed by atoms with Crippen LogP contribution in [0.15, 0.2) is 41.4 Å². The number of benzene rings is 2. The Balaban J connectivity index is 1.58. The monoisotopic (exact) mass is 430 g/mol. The number of guanidine groups is 1. The SMILES string of the molecule is CCNC(=NCc1ccc(O)c(F)c1)N1CCN(Cc2ccc(OC)c(OC)c2)CC1. The second-order valence-electron chi connectivity index (χ2n) is 7.41. The first-order valence-electron chi connectivity index (χ1n) is 10.5. The Bertz CT molecular complexity index is 898. The number of nitrogens with zero attached hydrogens (tertiary/aromatic N) is 3. The van der Waals surface area contributed by atoms with E-state index in [9.17, 15) is 9.50 Å². The van der Waals surface area contributed by atoms with Crippen LogP contribution >= 0.6 is 0 Å². The highest BCUT2D eigenvalue weighted by molar-refractivity contribution is 5.80. The van der Waals surface area contributed by atoms with Crippen molar-refractivity contribution in [3.63, 3.8) is 0 Å². The van der Waals surface area contributed by atoms with Gasteiger partial charge in [-0.3, -0.25) is 4.90 Å². The second-order valence-corrected chi connectivity index (χ2v) is 7.41. The minimum atomic E-state index is -0.624. The van der Waals surface area contributed by atoms with Crippen LogP contribution in [0, 0.1) is 5.82 Å². The number of aliphatic imine (C=N–C) groups is 1. The molecule has 1 aliphatic heterocycles. The lowest BCUT2D eigenvalue weighted by Gasteiger charge is -2.36. The lowest BCUT2D eigenvalue weighted by Crippen LogP contribution is -2.52. The summed E-state index contributed by atoms with van der Waals surface area (Å²) < 4.78 is 24.3. The first-order valence-corrected chi connectivity index (χ1v) is 10.5. The number of ether oxygens (including phenoxy) is 2. The summed E-state index contributed by atoms with van der Waals surface area (Å²) in [6.07, 6.45) is 0. The maximum atomic E-state index is 13.6. The Labute approximate surface area is 183 Å². The molecule has 1 saturated heterocycles. The summed E-state index contributed by atoms with van der Waals surface area (Å²) in [4.78, 5) is 9.29. The third-order valence-corrected chi connectivity index (χ3v) is 5.28. The molecular formula is C23H31FN4O3. The highest BCUT2D eigenvalue weighted by atomic mass is 19.1. The maximum absolute atomic E-state index is 13.6. The summed E-state index contributed by atoms with van der Waals surface area (Å²) in [5.74, 6) is 1.33. The van der Waals surface area contributed by atoms with E-state index >= 15 is 0 Å². The zero-order chi connectivity index (χ0) is 22.2. The van der Waals surface area contributed by atoms with Gasteiger partial charge in [-0.25, -0.2) is 9.38 Å². The highest BCUT2D eigenvalue weighted by Gasteiger charge is 2.20. The van der Waals surface area contributed by atoms with Crippen molar-refractivity contribution in [1.82, 2.24) is 15.1 Å². The number of aromatic hydroxyl groups is 1. The van der Waals surface area contributed by atoms with E-state index in [2.05, 4.69) is 26.2 Å². The van der Waals surface area contributed by atoms with Crippen molar-refractivity contribution in [1.29, 1.82) is 0 Å². The molecule has 168 valence electrons. The minimum Gasteiger partial charge on any atom is -0.505 e. The summed E-state index contributed by atoms with van der Waals surface area (Å²) in [7, 11) is 3.28. The van der Waals surface area contributed by atoms with Crippen molar-refractivity contribution in [2.24, 2.45) is 4.99 Å². The van der Waals surface area contributed by atoms with Gasteiger partial charge in [0.05, 0.1) is 20.8 Å². The maximum Gasteiger partial charge on any atom is 0.194 e. The molecule has 0 spiro atoms. The normalized spacial score (nSPS) is 15.1. The molecule has 0 atom stereocenters. The fraction of sp³-hybridized carbons (Fsp3) is 0.435. The number of hydrogen-bond acceptors (Lipinski definition) is 5. The number of nitrogens with one attached hydrogen (secondary N) is 1. The lowest BCUT2D eigenvalue weighted by molar-refractivity contribution is 0.172. The van der Waals surface area contributed by atoms with E-state index in [1.807, 2.05) is 19.1 Å². The summed E-state index contributed by atoms with van der Waals surface area (Å²) in [5, 5.41) is 12.7. The fourth-order valence-corrected chi connectivity index (χ4v) is 3.60. The largest absolute Gasteiger partial charge is 0.505 e.